The van der Waals surface area contributed by atoms with Crippen molar-refractivity contribution in [3.8, 4) is 0 Å². The molecular weight excluding hydrogens is 210 g/mol. The summed E-state index contributed by atoms with van der Waals surface area (Å²) >= 11 is 0. The standard InChI is InChI=1S/C10H13N3.2C2H6/c1-8-3-4-10-12-6-9(5-11-2)13(10)7-8;2*1-2/h3-4,6-7,11H,5H2,1-2H3;2*1-2H3. The number of aromatic nitrogens is 2. The van der Waals surface area contributed by atoms with Crippen LogP contribution in [0.15, 0.2) is 24.5 Å². The largest absolute Gasteiger partial charge is 0.314 e. The Kier molecular flexibility index (Phi) is 8.07. The van der Waals surface area contributed by atoms with E-state index in [1.54, 1.807) is 0 Å². The van der Waals surface area contributed by atoms with Crippen LogP contribution in [0.25, 0.3) is 5.65 Å². The average Bonchev–Trinajstić information content (AvgIpc) is 2.78. The molecule has 3 heteroatoms. The first-order valence-electron chi connectivity index (χ1n) is 6.38. The van der Waals surface area contributed by atoms with Crippen molar-refractivity contribution < 1.29 is 0 Å². The van der Waals surface area contributed by atoms with Crippen LogP contribution in [0.4, 0.5) is 0 Å². The molecule has 17 heavy (non-hydrogen) atoms. The lowest BCUT2D eigenvalue weighted by molar-refractivity contribution is 0.781. The maximum absolute atomic E-state index is 4.30. The molecule has 0 bridgehead atoms. The van der Waals surface area contributed by atoms with Crippen LogP contribution in [0, 0.1) is 6.92 Å². The van der Waals surface area contributed by atoms with Crippen molar-refractivity contribution in [1.29, 1.82) is 0 Å². The normalized spacial score (nSPS) is 9.06. The zero-order valence-corrected chi connectivity index (χ0v) is 11.9. The fourth-order valence-electron chi connectivity index (χ4n) is 1.45. The SMILES string of the molecule is CC.CC.CNCc1cnc2ccc(C)cn12. The minimum Gasteiger partial charge on any atom is -0.314 e. The predicted molar refractivity (Wildman–Crippen MR) is 75.4 cm³/mol. The molecule has 2 aromatic rings. The molecule has 0 aliphatic heterocycles. The van der Waals surface area contributed by atoms with E-state index in [1.165, 1.54) is 11.3 Å². The Morgan fingerprint density at radius 3 is 2.41 bits per heavy atom. The van der Waals surface area contributed by atoms with E-state index >= 15 is 0 Å². The summed E-state index contributed by atoms with van der Waals surface area (Å²) < 4.78 is 2.12. The van der Waals surface area contributed by atoms with Gasteiger partial charge in [-0.15, -0.1) is 0 Å². The summed E-state index contributed by atoms with van der Waals surface area (Å²) in [5.74, 6) is 0. The molecule has 2 aromatic heterocycles. The summed E-state index contributed by atoms with van der Waals surface area (Å²) in [6, 6.07) is 4.11. The van der Waals surface area contributed by atoms with Crippen molar-refractivity contribution in [3.05, 3.63) is 35.8 Å². The molecule has 0 unspecified atom stereocenters. The van der Waals surface area contributed by atoms with Crippen LogP contribution in [0.2, 0.25) is 0 Å². The van der Waals surface area contributed by atoms with Crippen LogP contribution >= 0.6 is 0 Å². The molecule has 0 saturated heterocycles. The lowest BCUT2D eigenvalue weighted by atomic mass is 10.3. The third kappa shape index (κ3) is 4.19. The smallest absolute Gasteiger partial charge is 0.136 e. The average molecular weight is 235 g/mol. The van der Waals surface area contributed by atoms with Gasteiger partial charge in [0.25, 0.3) is 0 Å². The second-order valence-electron chi connectivity index (χ2n) is 3.21. The summed E-state index contributed by atoms with van der Waals surface area (Å²) in [5.41, 5.74) is 3.46. The molecule has 0 aliphatic rings. The first kappa shape index (κ1) is 15.7. The van der Waals surface area contributed by atoms with Gasteiger partial charge in [0.1, 0.15) is 5.65 Å². The van der Waals surface area contributed by atoms with E-state index in [0.29, 0.717) is 0 Å². The zero-order valence-electron chi connectivity index (χ0n) is 11.9. The third-order valence-electron chi connectivity index (χ3n) is 2.09. The number of pyridine rings is 1. The Bertz CT molecular complexity index is 418. The number of hydrogen-bond acceptors (Lipinski definition) is 2. The Morgan fingerprint density at radius 2 is 1.82 bits per heavy atom. The number of nitrogens with zero attached hydrogens (tertiary/aromatic N) is 2. The van der Waals surface area contributed by atoms with Crippen LogP contribution in [-0.2, 0) is 6.54 Å². The molecule has 0 aromatic carbocycles. The molecule has 3 nitrogen and oxygen atoms in total. The Morgan fingerprint density at radius 1 is 1.18 bits per heavy atom. The number of rotatable bonds is 2. The molecule has 0 atom stereocenters. The first-order valence-corrected chi connectivity index (χ1v) is 6.38. The van der Waals surface area contributed by atoms with Crippen molar-refractivity contribution in [2.24, 2.45) is 0 Å². The van der Waals surface area contributed by atoms with Crippen molar-refractivity contribution >= 4 is 5.65 Å². The Labute approximate surface area is 105 Å². The van der Waals surface area contributed by atoms with Gasteiger partial charge in [-0.2, -0.15) is 0 Å². The number of fused-ring (bicyclic) bond motifs is 1. The second-order valence-corrected chi connectivity index (χ2v) is 3.21. The monoisotopic (exact) mass is 235 g/mol. The van der Waals surface area contributed by atoms with Crippen LogP contribution in [0.1, 0.15) is 39.0 Å². The van der Waals surface area contributed by atoms with Gasteiger partial charge in [-0.25, -0.2) is 4.98 Å². The fourth-order valence-corrected chi connectivity index (χ4v) is 1.45. The minimum atomic E-state index is 0.852. The van der Waals surface area contributed by atoms with Gasteiger partial charge < -0.3 is 9.72 Å². The van der Waals surface area contributed by atoms with Crippen molar-refractivity contribution in [2.45, 2.75) is 41.2 Å². The summed E-state index contributed by atoms with van der Waals surface area (Å²) in [7, 11) is 1.94. The fraction of sp³-hybridized carbons (Fsp3) is 0.500. The van der Waals surface area contributed by atoms with E-state index in [1.807, 2.05) is 47.0 Å². The van der Waals surface area contributed by atoms with Gasteiger partial charge in [0.2, 0.25) is 0 Å². The topological polar surface area (TPSA) is 29.3 Å². The molecule has 0 spiro atoms. The highest BCUT2D eigenvalue weighted by Gasteiger charge is 2.00. The number of nitrogens with one attached hydrogen (secondary N) is 1. The lowest BCUT2D eigenvalue weighted by Crippen LogP contribution is -2.07. The van der Waals surface area contributed by atoms with Gasteiger partial charge in [-0.05, 0) is 25.6 Å². The van der Waals surface area contributed by atoms with Crippen molar-refractivity contribution in [3.63, 3.8) is 0 Å². The molecule has 0 fully saturated rings. The molecule has 0 amide bonds. The Hall–Kier alpha value is -1.35. The summed E-state index contributed by atoms with van der Waals surface area (Å²) in [4.78, 5) is 4.30. The first-order chi connectivity index (χ1) is 8.31. The zero-order chi connectivity index (χ0) is 13.3. The summed E-state index contributed by atoms with van der Waals surface area (Å²) in [5, 5.41) is 3.12. The predicted octanol–water partition coefficient (Wildman–Crippen LogP) is 3.41. The molecule has 2 rings (SSSR count). The van der Waals surface area contributed by atoms with Gasteiger partial charge in [-0.3, -0.25) is 0 Å². The quantitative estimate of drug-likeness (QED) is 0.864. The van der Waals surface area contributed by atoms with E-state index in [4.69, 9.17) is 0 Å². The molecular formula is C14H25N3. The van der Waals surface area contributed by atoms with Gasteiger partial charge in [0.05, 0.1) is 11.9 Å². The molecule has 0 aliphatic carbocycles. The van der Waals surface area contributed by atoms with E-state index in [2.05, 4.69) is 33.9 Å². The lowest BCUT2D eigenvalue weighted by Gasteiger charge is -2.01. The van der Waals surface area contributed by atoms with Crippen LogP contribution in [0.5, 0.6) is 0 Å². The van der Waals surface area contributed by atoms with E-state index in [9.17, 15) is 0 Å². The van der Waals surface area contributed by atoms with Gasteiger partial charge >= 0.3 is 0 Å². The highest BCUT2D eigenvalue weighted by molar-refractivity contribution is 5.41. The highest BCUT2D eigenvalue weighted by Crippen LogP contribution is 2.07. The van der Waals surface area contributed by atoms with Gasteiger partial charge in [0, 0.05) is 12.7 Å². The molecule has 0 saturated carbocycles. The molecule has 96 valence electrons. The van der Waals surface area contributed by atoms with Gasteiger partial charge in [0.15, 0.2) is 0 Å². The molecule has 0 radical (unpaired) electrons. The third-order valence-corrected chi connectivity index (χ3v) is 2.09. The Balaban J connectivity index is 0.000000581. The van der Waals surface area contributed by atoms with Crippen LogP contribution < -0.4 is 5.32 Å². The van der Waals surface area contributed by atoms with Gasteiger partial charge in [-0.1, -0.05) is 33.8 Å². The maximum atomic E-state index is 4.30. The van der Waals surface area contributed by atoms with Crippen molar-refractivity contribution in [1.82, 2.24) is 14.7 Å². The maximum Gasteiger partial charge on any atom is 0.136 e. The number of hydrogen-bond donors (Lipinski definition) is 1. The number of imidazole rings is 1. The minimum absolute atomic E-state index is 0.852. The van der Waals surface area contributed by atoms with E-state index < -0.39 is 0 Å². The second kappa shape index (κ2) is 8.76. The summed E-state index contributed by atoms with van der Waals surface area (Å²) in [6.07, 6.45) is 4.01. The number of aryl methyl sites for hydroxylation is 1. The van der Waals surface area contributed by atoms with Crippen LogP contribution in [0.3, 0.4) is 0 Å². The van der Waals surface area contributed by atoms with E-state index in [-0.39, 0.29) is 0 Å². The summed E-state index contributed by atoms with van der Waals surface area (Å²) in [6.45, 7) is 10.9. The van der Waals surface area contributed by atoms with Crippen molar-refractivity contribution in [2.75, 3.05) is 7.05 Å². The van der Waals surface area contributed by atoms with E-state index in [0.717, 1.165) is 12.2 Å². The molecule has 2 heterocycles. The highest BCUT2D eigenvalue weighted by atomic mass is 15.0. The van der Waals surface area contributed by atoms with Crippen LogP contribution in [-0.4, -0.2) is 16.4 Å². The molecule has 1 N–H and O–H groups in total.